The zero-order valence-corrected chi connectivity index (χ0v) is 45.2. The minimum atomic E-state index is -0.825. The number of allylic oxidation sites excluding steroid dienone is 26. The fraction of sp³-hybridized carbons (Fsp3) is 0.554. The van der Waals surface area contributed by atoms with Crippen molar-refractivity contribution in [2.45, 2.75) is 219 Å². The monoisotopic (exact) mass is 977 g/mol. The Labute approximate surface area is 435 Å². The van der Waals surface area contributed by atoms with Crippen molar-refractivity contribution >= 4 is 17.9 Å². The average Bonchev–Trinajstić information content (AvgIpc) is 3.37. The first-order chi connectivity index (χ1) is 35.0. The lowest BCUT2D eigenvalue weighted by Crippen LogP contribution is -2.30. The van der Waals surface area contributed by atoms with E-state index in [4.69, 9.17) is 14.2 Å². The minimum Gasteiger partial charge on any atom is -0.462 e. The molecule has 1 unspecified atom stereocenters. The highest BCUT2D eigenvalue weighted by Gasteiger charge is 2.19. The molecule has 0 spiro atoms. The van der Waals surface area contributed by atoms with E-state index in [-0.39, 0.29) is 44.0 Å². The highest BCUT2D eigenvalue weighted by molar-refractivity contribution is 5.71. The Hall–Kier alpha value is -4.97. The first-order valence-corrected chi connectivity index (χ1v) is 28.0. The molecule has 0 aromatic rings. The quantitative estimate of drug-likeness (QED) is 0.0262. The van der Waals surface area contributed by atoms with Gasteiger partial charge in [0.1, 0.15) is 13.2 Å². The molecule has 0 aliphatic heterocycles. The maximum Gasteiger partial charge on any atom is 0.306 e. The molecule has 0 saturated carbocycles. The van der Waals surface area contributed by atoms with Gasteiger partial charge in [-0.15, -0.1) is 0 Å². The summed E-state index contributed by atoms with van der Waals surface area (Å²) in [7, 11) is 0. The van der Waals surface area contributed by atoms with Crippen LogP contribution in [-0.4, -0.2) is 37.2 Å². The van der Waals surface area contributed by atoms with Crippen molar-refractivity contribution in [3.8, 4) is 0 Å². The molecule has 0 N–H and O–H groups in total. The largest absolute Gasteiger partial charge is 0.462 e. The maximum atomic E-state index is 12.8. The van der Waals surface area contributed by atoms with E-state index in [9.17, 15) is 14.4 Å². The zero-order valence-electron chi connectivity index (χ0n) is 45.2. The molecule has 396 valence electrons. The molecule has 71 heavy (non-hydrogen) atoms. The zero-order chi connectivity index (χ0) is 51.4. The third-order valence-electron chi connectivity index (χ3n) is 11.0. The molecule has 6 heteroatoms. The van der Waals surface area contributed by atoms with E-state index in [2.05, 4.69) is 179 Å². The number of carbonyl (C=O) groups is 3. The number of ether oxygens (including phenoxy) is 3. The predicted molar refractivity (Wildman–Crippen MR) is 306 cm³/mol. The van der Waals surface area contributed by atoms with Gasteiger partial charge in [-0.25, -0.2) is 0 Å². The lowest BCUT2D eigenvalue weighted by molar-refractivity contribution is -0.167. The molecular formula is C65H100O6. The third-order valence-corrected chi connectivity index (χ3v) is 11.0. The molecule has 0 bridgehead atoms. The summed E-state index contributed by atoms with van der Waals surface area (Å²) in [6.45, 7) is 6.21. The van der Waals surface area contributed by atoms with E-state index in [1.54, 1.807) is 0 Å². The van der Waals surface area contributed by atoms with Crippen molar-refractivity contribution in [3.63, 3.8) is 0 Å². The first kappa shape index (κ1) is 66.0. The average molecular weight is 978 g/mol. The fourth-order valence-electron chi connectivity index (χ4n) is 6.92. The Morgan fingerprint density at radius 3 is 0.817 bits per heavy atom. The second-order valence-electron chi connectivity index (χ2n) is 17.7. The van der Waals surface area contributed by atoms with E-state index >= 15 is 0 Å². The molecule has 0 saturated heterocycles. The molecule has 0 heterocycles. The van der Waals surface area contributed by atoms with Crippen molar-refractivity contribution < 1.29 is 28.6 Å². The molecule has 1 atom stereocenters. The van der Waals surface area contributed by atoms with Crippen LogP contribution in [0.5, 0.6) is 0 Å². The van der Waals surface area contributed by atoms with E-state index in [1.165, 1.54) is 0 Å². The summed E-state index contributed by atoms with van der Waals surface area (Å²) >= 11 is 0. The summed E-state index contributed by atoms with van der Waals surface area (Å²) in [6.07, 6.45) is 83.7. The number of hydrogen-bond acceptors (Lipinski definition) is 6. The van der Waals surface area contributed by atoms with Gasteiger partial charge < -0.3 is 14.2 Å². The van der Waals surface area contributed by atoms with Gasteiger partial charge in [-0.2, -0.15) is 0 Å². The van der Waals surface area contributed by atoms with Crippen molar-refractivity contribution in [1.29, 1.82) is 0 Å². The topological polar surface area (TPSA) is 78.9 Å². The van der Waals surface area contributed by atoms with E-state index < -0.39 is 6.10 Å². The molecule has 0 fully saturated rings. The molecule has 0 radical (unpaired) electrons. The van der Waals surface area contributed by atoms with Crippen molar-refractivity contribution in [3.05, 3.63) is 158 Å². The normalized spacial score (nSPS) is 13.3. The summed E-state index contributed by atoms with van der Waals surface area (Å²) in [4.78, 5) is 38.1. The van der Waals surface area contributed by atoms with Gasteiger partial charge in [-0.05, 0) is 141 Å². The third kappa shape index (κ3) is 55.8. The number of unbranched alkanes of at least 4 members (excludes halogenated alkanes) is 11. The van der Waals surface area contributed by atoms with Crippen LogP contribution in [0, 0.1) is 0 Å². The smallest absolute Gasteiger partial charge is 0.306 e. The molecule has 0 aromatic carbocycles. The van der Waals surface area contributed by atoms with Crippen molar-refractivity contribution in [2.75, 3.05) is 13.2 Å². The van der Waals surface area contributed by atoms with E-state index in [1.807, 2.05) is 0 Å². The molecule has 0 aromatic heterocycles. The van der Waals surface area contributed by atoms with Gasteiger partial charge >= 0.3 is 17.9 Å². The van der Waals surface area contributed by atoms with Gasteiger partial charge in [0.25, 0.3) is 0 Å². The number of esters is 3. The van der Waals surface area contributed by atoms with Crippen LogP contribution in [0.2, 0.25) is 0 Å². The van der Waals surface area contributed by atoms with Gasteiger partial charge in [-0.3, -0.25) is 14.4 Å². The van der Waals surface area contributed by atoms with Crippen LogP contribution in [0.25, 0.3) is 0 Å². The molecule has 0 amide bonds. The Morgan fingerprint density at radius 2 is 0.507 bits per heavy atom. The minimum absolute atomic E-state index is 0.119. The Balaban J connectivity index is 4.57. The molecule has 6 nitrogen and oxygen atoms in total. The highest BCUT2D eigenvalue weighted by atomic mass is 16.6. The van der Waals surface area contributed by atoms with Crippen LogP contribution in [0.3, 0.4) is 0 Å². The van der Waals surface area contributed by atoms with Crippen LogP contribution in [0.4, 0.5) is 0 Å². The maximum absolute atomic E-state index is 12.8. The van der Waals surface area contributed by atoms with E-state index in [0.29, 0.717) is 12.8 Å². The lowest BCUT2D eigenvalue weighted by atomic mass is 10.1. The lowest BCUT2D eigenvalue weighted by Gasteiger charge is -2.18. The molecule has 0 aliphatic rings. The van der Waals surface area contributed by atoms with Crippen LogP contribution >= 0.6 is 0 Å². The first-order valence-electron chi connectivity index (χ1n) is 28.0. The van der Waals surface area contributed by atoms with Gasteiger partial charge in [0.05, 0.1) is 0 Å². The van der Waals surface area contributed by atoms with Crippen LogP contribution in [-0.2, 0) is 28.6 Å². The molecule has 0 aliphatic carbocycles. The highest BCUT2D eigenvalue weighted by Crippen LogP contribution is 2.12. The number of carbonyl (C=O) groups excluding carboxylic acids is 3. The number of rotatable bonds is 48. The summed E-state index contributed by atoms with van der Waals surface area (Å²) in [5.74, 6) is -1.01. The van der Waals surface area contributed by atoms with Crippen LogP contribution < -0.4 is 0 Å². The second-order valence-corrected chi connectivity index (χ2v) is 17.7. The summed E-state index contributed by atoms with van der Waals surface area (Å²) in [5, 5.41) is 0. The van der Waals surface area contributed by atoms with Crippen molar-refractivity contribution in [1.82, 2.24) is 0 Å². The number of hydrogen-bond donors (Lipinski definition) is 0. The van der Waals surface area contributed by atoms with Gasteiger partial charge in [0.15, 0.2) is 6.10 Å². The standard InChI is InChI=1S/C65H100O6/c1-4-7-10-13-16-19-22-25-28-30-31-32-33-35-37-40-43-46-49-52-55-58-64(67)70-61-62(60-69-63(66)57-54-51-48-45-42-39-36-27-24-21-18-15-12-9-6-3)71-65(68)59-56-53-50-47-44-41-38-34-29-26-23-20-17-14-11-8-5-2/h7-12,16-21,25-29,31-32,35-38,41,43,46,62H,4-6,13-15,22-24,30,33-34,39-40,42,44-45,47-61H2,1-3H3/b10-7-,11-8-,12-9-,19-16-,20-17-,21-18-,28-25-,29-26-,32-31-,36-27-,37-35-,41-38-,46-43-. The van der Waals surface area contributed by atoms with Crippen LogP contribution in [0.1, 0.15) is 213 Å². The molecule has 0 rings (SSSR count). The Kier molecular flexibility index (Phi) is 53.6. The predicted octanol–water partition coefficient (Wildman–Crippen LogP) is 19.0. The summed E-state index contributed by atoms with van der Waals surface area (Å²) < 4.78 is 16.8. The Bertz CT molecular complexity index is 1640. The van der Waals surface area contributed by atoms with E-state index in [0.717, 1.165) is 167 Å². The second kappa shape index (κ2) is 57.6. The SMILES string of the molecule is CC/C=C\C/C=C\C/C=C\C/C=C\C/C=C\C/C=C\CCCCC(=O)OCC(COC(=O)CCCCCCC/C=C\C/C=C\C/C=C\CC)OC(=O)CCCCCC/C=C\C/C=C\C/C=C\C/C=C\CC. The van der Waals surface area contributed by atoms with Gasteiger partial charge in [0, 0.05) is 19.3 Å². The molecular weight excluding hydrogens is 877 g/mol. The van der Waals surface area contributed by atoms with Gasteiger partial charge in [-0.1, -0.05) is 211 Å². The van der Waals surface area contributed by atoms with Crippen molar-refractivity contribution in [2.24, 2.45) is 0 Å². The Morgan fingerprint density at radius 1 is 0.282 bits per heavy atom. The van der Waals surface area contributed by atoms with Crippen LogP contribution in [0.15, 0.2) is 158 Å². The summed E-state index contributed by atoms with van der Waals surface area (Å²) in [5.41, 5.74) is 0. The summed E-state index contributed by atoms with van der Waals surface area (Å²) in [6, 6.07) is 0. The fourth-order valence-corrected chi connectivity index (χ4v) is 6.92. The van der Waals surface area contributed by atoms with Gasteiger partial charge in [0.2, 0.25) is 0 Å².